The van der Waals surface area contributed by atoms with E-state index < -0.39 is 0 Å². The number of rotatable bonds is 1. The van der Waals surface area contributed by atoms with Crippen molar-refractivity contribution in [2.75, 3.05) is 0 Å². The smallest absolute Gasteiger partial charge is 0.106 e. The molecule has 0 saturated carbocycles. The van der Waals surface area contributed by atoms with Crippen LogP contribution in [0.1, 0.15) is 22.6 Å². The minimum atomic E-state index is 0.0784. The molecule has 0 fully saturated rings. The molecule has 0 unspecified atom stereocenters. The molecule has 2 nitrogen and oxygen atoms in total. The Hall–Kier alpha value is -0.760. The first kappa shape index (κ1) is 7.35. The first-order chi connectivity index (χ1) is 4.66. The summed E-state index contributed by atoms with van der Waals surface area (Å²) >= 11 is 0. The molecule has 56 valence electrons. The van der Waals surface area contributed by atoms with Gasteiger partial charge in [0.2, 0.25) is 0 Å². The van der Waals surface area contributed by atoms with Gasteiger partial charge in [0.1, 0.15) is 11.5 Å². The normalized spacial score (nSPS) is 10.4. The first-order valence-corrected chi connectivity index (χ1v) is 3.33. The van der Waals surface area contributed by atoms with Crippen LogP contribution in [0.5, 0.6) is 0 Å². The Morgan fingerprint density at radius 2 is 1.80 bits per heavy atom. The molecule has 0 aliphatic rings. The van der Waals surface area contributed by atoms with Crippen molar-refractivity contribution in [3.8, 4) is 0 Å². The molecule has 0 radical (unpaired) electrons. The fourth-order valence-corrected chi connectivity index (χ4v) is 1.07. The van der Waals surface area contributed by atoms with E-state index in [1.807, 2.05) is 20.8 Å². The van der Waals surface area contributed by atoms with Crippen molar-refractivity contribution >= 4 is 0 Å². The van der Waals surface area contributed by atoms with E-state index in [0.29, 0.717) is 0 Å². The summed E-state index contributed by atoms with van der Waals surface area (Å²) in [6, 6.07) is 0. The molecule has 1 rings (SSSR count). The van der Waals surface area contributed by atoms with Crippen LogP contribution >= 0.6 is 0 Å². The van der Waals surface area contributed by atoms with Gasteiger partial charge >= 0.3 is 0 Å². The second-order valence-electron chi connectivity index (χ2n) is 2.48. The summed E-state index contributed by atoms with van der Waals surface area (Å²) in [5.41, 5.74) is 2.00. The van der Waals surface area contributed by atoms with Crippen LogP contribution < -0.4 is 0 Å². The van der Waals surface area contributed by atoms with Crippen LogP contribution in [0.3, 0.4) is 0 Å². The van der Waals surface area contributed by atoms with Gasteiger partial charge in [0.25, 0.3) is 0 Å². The lowest BCUT2D eigenvalue weighted by molar-refractivity contribution is 0.278. The molecule has 0 spiro atoms. The highest BCUT2D eigenvalue weighted by Gasteiger charge is 2.08. The van der Waals surface area contributed by atoms with Crippen LogP contribution in [-0.2, 0) is 6.61 Å². The highest BCUT2D eigenvalue weighted by atomic mass is 16.3. The predicted molar refractivity (Wildman–Crippen MR) is 38.8 cm³/mol. The maximum atomic E-state index is 8.85. The number of hydrogen-bond donors (Lipinski definition) is 1. The second-order valence-corrected chi connectivity index (χ2v) is 2.48. The van der Waals surface area contributed by atoms with Crippen molar-refractivity contribution in [2.45, 2.75) is 27.4 Å². The highest BCUT2D eigenvalue weighted by Crippen LogP contribution is 2.19. The Labute approximate surface area is 60.5 Å². The molecule has 0 amide bonds. The minimum Gasteiger partial charge on any atom is -0.466 e. The lowest BCUT2D eigenvalue weighted by Gasteiger charge is -1.91. The Morgan fingerprint density at radius 3 is 2.00 bits per heavy atom. The van der Waals surface area contributed by atoms with E-state index in [2.05, 4.69) is 0 Å². The van der Waals surface area contributed by atoms with E-state index in [0.717, 1.165) is 22.6 Å². The maximum absolute atomic E-state index is 8.85. The molecular weight excluding hydrogens is 128 g/mol. The van der Waals surface area contributed by atoms with Gasteiger partial charge < -0.3 is 9.52 Å². The average molecular weight is 140 g/mol. The lowest BCUT2D eigenvalue weighted by atomic mass is 10.1. The maximum Gasteiger partial charge on any atom is 0.106 e. The van der Waals surface area contributed by atoms with Gasteiger partial charge in [0.05, 0.1) is 6.61 Å². The van der Waals surface area contributed by atoms with Gasteiger partial charge in [0, 0.05) is 5.56 Å². The van der Waals surface area contributed by atoms with Crippen molar-refractivity contribution in [2.24, 2.45) is 0 Å². The standard InChI is InChI=1S/C8H12O2/c1-5-6(2)10-7(3)8(5)4-9/h9H,4H2,1-3H3. The van der Waals surface area contributed by atoms with Gasteiger partial charge in [-0.2, -0.15) is 0 Å². The van der Waals surface area contributed by atoms with Gasteiger partial charge in [-0.05, 0) is 26.3 Å². The summed E-state index contributed by atoms with van der Waals surface area (Å²) in [7, 11) is 0. The van der Waals surface area contributed by atoms with E-state index in [9.17, 15) is 0 Å². The second kappa shape index (κ2) is 2.46. The summed E-state index contributed by atoms with van der Waals surface area (Å²) < 4.78 is 5.28. The Bertz CT molecular complexity index is 236. The van der Waals surface area contributed by atoms with Crippen molar-refractivity contribution in [3.05, 3.63) is 22.6 Å². The highest BCUT2D eigenvalue weighted by molar-refractivity contribution is 5.30. The molecule has 1 aromatic heterocycles. The molecule has 1 N–H and O–H groups in total. The lowest BCUT2D eigenvalue weighted by Crippen LogP contribution is -1.85. The monoisotopic (exact) mass is 140 g/mol. The molecule has 1 aromatic rings. The Kier molecular flexibility index (Phi) is 1.81. The fourth-order valence-electron chi connectivity index (χ4n) is 1.07. The van der Waals surface area contributed by atoms with E-state index in [1.165, 1.54) is 0 Å². The Morgan fingerprint density at radius 1 is 1.20 bits per heavy atom. The summed E-state index contributed by atoms with van der Waals surface area (Å²) in [4.78, 5) is 0. The molecule has 0 aromatic carbocycles. The van der Waals surface area contributed by atoms with E-state index in [-0.39, 0.29) is 6.61 Å². The minimum absolute atomic E-state index is 0.0784. The number of aliphatic hydroxyl groups excluding tert-OH is 1. The molecule has 1 heterocycles. The molecule has 0 atom stereocenters. The van der Waals surface area contributed by atoms with Crippen LogP contribution in [-0.4, -0.2) is 5.11 Å². The zero-order chi connectivity index (χ0) is 7.72. The van der Waals surface area contributed by atoms with Crippen LogP contribution in [0, 0.1) is 20.8 Å². The summed E-state index contributed by atoms with van der Waals surface area (Å²) in [5, 5.41) is 8.85. The number of furan rings is 1. The van der Waals surface area contributed by atoms with E-state index in [1.54, 1.807) is 0 Å². The van der Waals surface area contributed by atoms with Gasteiger partial charge in [-0.25, -0.2) is 0 Å². The number of hydrogen-bond acceptors (Lipinski definition) is 2. The van der Waals surface area contributed by atoms with E-state index in [4.69, 9.17) is 9.52 Å². The SMILES string of the molecule is Cc1oc(C)c(CO)c1C. The molecule has 0 bridgehead atoms. The van der Waals surface area contributed by atoms with Crippen molar-refractivity contribution in [1.29, 1.82) is 0 Å². The predicted octanol–water partition coefficient (Wildman–Crippen LogP) is 1.70. The topological polar surface area (TPSA) is 33.4 Å². The third kappa shape index (κ3) is 0.948. The number of aryl methyl sites for hydroxylation is 2. The Balaban J connectivity index is 3.20. The third-order valence-electron chi connectivity index (χ3n) is 1.87. The quantitative estimate of drug-likeness (QED) is 0.644. The summed E-state index contributed by atoms with van der Waals surface area (Å²) in [6.45, 7) is 5.80. The fraction of sp³-hybridized carbons (Fsp3) is 0.500. The van der Waals surface area contributed by atoms with Crippen LogP contribution in [0.15, 0.2) is 4.42 Å². The average Bonchev–Trinajstić information content (AvgIpc) is 2.09. The molecule has 0 saturated heterocycles. The van der Waals surface area contributed by atoms with Crippen LogP contribution in [0.25, 0.3) is 0 Å². The van der Waals surface area contributed by atoms with Gasteiger partial charge in [-0.15, -0.1) is 0 Å². The first-order valence-electron chi connectivity index (χ1n) is 3.33. The van der Waals surface area contributed by atoms with Gasteiger partial charge in [-0.3, -0.25) is 0 Å². The van der Waals surface area contributed by atoms with Crippen molar-refractivity contribution in [1.82, 2.24) is 0 Å². The molecular formula is C8H12O2. The zero-order valence-corrected chi connectivity index (χ0v) is 6.56. The number of aliphatic hydroxyl groups is 1. The summed E-state index contributed by atoms with van der Waals surface area (Å²) in [6.07, 6.45) is 0. The van der Waals surface area contributed by atoms with Crippen molar-refractivity contribution < 1.29 is 9.52 Å². The molecule has 2 heteroatoms. The molecule has 10 heavy (non-hydrogen) atoms. The van der Waals surface area contributed by atoms with Crippen LogP contribution in [0.2, 0.25) is 0 Å². The van der Waals surface area contributed by atoms with Crippen molar-refractivity contribution in [3.63, 3.8) is 0 Å². The van der Waals surface area contributed by atoms with Gasteiger partial charge in [0.15, 0.2) is 0 Å². The third-order valence-corrected chi connectivity index (χ3v) is 1.87. The van der Waals surface area contributed by atoms with Crippen LogP contribution in [0.4, 0.5) is 0 Å². The molecule has 0 aliphatic carbocycles. The largest absolute Gasteiger partial charge is 0.466 e. The van der Waals surface area contributed by atoms with Gasteiger partial charge in [-0.1, -0.05) is 0 Å². The van der Waals surface area contributed by atoms with E-state index >= 15 is 0 Å². The zero-order valence-electron chi connectivity index (χ0n) is 6.56. The molecule has 0 aliphatic heterocycles. The summed E-state index contributed by atoms with van der Waals surface area (Å²) in [5.74, 6) is 1.74.